The largest absolute Gasteiger partial charge is 0.321 e. The van der Waals surface area contributed by atoms with Gasteiger partial charge in [-0.25, -0.2) is 4.98 Å². The second-order valence-electron chi connectivity index (χ2n) is 10.7. The van der Waals surface area contributed by atoms with Crippen LogP contribution in [0, 0.1) is 6.92 Å². The van der Waals surface area contributed by atoms with Crippen molar-refractivity contribution < 1.29 is 14.4 Å². The number of aromatic nitrogens is 1. The number of aryl methyl sites for hydroxylation is 1. The Hall–Kier alpha value is -5.29. The topological polar surface area (TPSA) is 100 Å². The van der Waals surface area contributed by atoms with E-state index in [0.29, 0.717) is 16.4 Å². The maximum atomic E-state index is 13.7. The van der Waals surface area contributed by atoms with Gasteiger partial charge in [0.25, 0.3) is 11.8 Å². The van der Waals surface area contributed by atoms with E-state index in [1.807, 2.05) is 103 Å². The molecule has 0 saturated heterocycles. The van der Waals surface area contributed by atoms with Gasteiger partial charge in [0.2, 0.25) is 5.91 Å². The van der Waals surface area contributed by atoms with Gasteiger partial charge in [-0.15, -0.1) is 34.4 Å². The molecule has 0 fully saturated rings. The number of benzene rings is 4. The lowest BCUT2D eigenvalue weighted by molar-refractivity contribution is -0.116. The van der Waals surface area contributed by atoms with Crippen LogP contribution in [0.3, 0.4) is 0 Å². The van der Waals surface area contributed by atoms with E-state index in [-0.39, 0.29) is 17.5 Å². The number of carbonyl (C=O) groups is 3. The van der Waals surface area contributed by atoms with Crippen LogP contribution in [0.1, 0.15) is 31.6 Å². The van der Waals surface area contributed by atoms with Crippen molar-refractivity contribution >= 4 is 69.1 Å². The molecule has 4 aromatic carbocycles. The standard InChI is InChI=1S/C38H30N4O3S3/c1-25-14-16-26(17-15-25)33-24-47-38(41-33)42-37(45)34(27-9-4-2-5-10-27)48-30-20-18-29(19-21-30)39-36(44)32(23-31-13-8-22-46-31)40-35(43)28-11-6-3-7-12-28/h2-24,34H,1H3,(H,39,44)(H,40,43)(H,41,42,45)/b32-23-. The van der Waals surface area contributed by atoms with Crippen LogP contribution in [0.15, 0.2) is 143 Å². The minimum atomic E-state index is -0.549. The highest BCUT2D eigenvalue weighted by Crippen LogP contribution is 2.37. The van der Waals surface area contributed by atoms with Crippen molar-refractivity contribution in [3.05, 3.63) is 159 Å². The Morgan fingerprint density at radius 3 is 2.17 bits per heavy atom. The van der Waals surface area contributed by atoms with Gasteiger partial charge in [0.1, 0.15) is 10.9 Å². The first-order chi connectivity index (χ1) is 23.4. The summed E-state index contributed by atoms with van der Waals surface area (Å²) in [5, 5.41) is 12.5. The van der Waals surface area contributed by atoms with E-state index >= 15 is 0 Å². The molecule has 2 aromatic heterocycles. The quantitative estimate of drug-likeness (QED) is 0.0933. The second kappa shape index (κ2) is 15.5. The number of amides is 3. The summed E-state index contributed by atoms with van der Waals surface area (Å²) in [6, 6.07) is 37.5. The van der Waals surface area contributed by atoms with Crippen LogP contribution < -0.4 is 16.0 Å². The molecular formula is C38H30N4O3S3. The maximum absolute atomic E-state index is 13.7. The third-order valence-electron chi connectivity index (χ3n) is 7.15. The number of anilines is 2. The van der Waals surface area contributed by atoms with E-state index in [1.54, 1.807) is 42.5 Å². The molecule has 0 spiro atoms. The van der Waals surface area contributed by atoms with Gasteiger partial charge in [-0.2, -0.15) is 0 Å². The minimum absolute atomic E-state index is 0.123. The van der Waals surface area contributed by atoms with Gasteiger partial charge in [-0.05, 0) is 66.4 Å². The molecule has 3 amide bonds. The summed E-state index contributed by atoms with van der Waals surface area (Å²) in [6.45, 7) is 2.04. The third kappa shape index (κ3) is 8.54. The lowest BCUT2D eigenvalue weighted by atomic mass is 10.1. The van der Waals surface area contributed by atoms with Crippen molar-refractivity contribution in [3.63, 3.8) is 0 Å². The molecule has 0 aliphatic heterocycles. The summed E-state index contributed by atoms with van der Waals surface area (Å²) < 4.78 is 0. The zero-order valence-corrected chi connectivity index (χ0v) is 28.2. The minimum Gasteiger partial charge on any atom is -0.321 e. The van der Waals surface area contributed by atoms with Crippen molar-refractivity contribution in [2.75, 3.05) is 10.6 Å². The van der Waals surface area contributed by atoms with Gasteiger partial charge < -0.3 is 16.0 Å². The first-order valence-corrected chi connectivity index (χ1v) is 17.6. The molecule has 0 radical (unpaired) electrons. The van der Waals surface area contributed by atoms with Crippen molar-refractivity contribution in [1.29, 1.82) is 0 Å². The Bertz CT molecular complexity index is 2030. The Kier molecular flexibility index (Phi) is 10.6. The molecular weight excluding hydrogens is 657 g/mol. The van der Waals surface area contributed by atoms with Crippen molar-refractivity contribution in [3.8, 4) is 11.3 Å². The molecule has 7 nitrogen and oxygen atoms in total. The molecule has 10 heteroatoms. The average Bonchev–Trinajstić information content (AvgIpc) is 3.81. The predicted octanol–water partition coefficient (Wildman–Crippen LogP) is 9.06. The molecule has 6 rings (SSSR count). The number of thioether (sulfide) groups is 1. The van der Waals surface area contributed by atoms with Crippen LogP contribution in [0.25, 0.3) is 17.3 Å². The van der Waals surface area contributed by atoms with Crippen molar-refractivity contribution in [2.24, 2.45) is 0 Å². The van der Waals surface area contributed by atoms with E-state index in [4.69, 9.17) is 0 Å². The molecule has 1 unspecified atom stereocenters. The van der Waals surface area contributed by atoms with E-state index in [9.17, 15) is 14.4 Å². The van der Waals surface area contributed by atoms with Gasteiger partial charge in [-0.1, -0.05) is 84.4 Å². The summed E-state index contributed by atoms with van der Waals surface area (Å²) in [5.74, 6) is -1.02. The van der Waals surface area contributed by atoms with E-state index in [0.717, 1.165) is 26.6 Å². The molecule has 0 saturated carbocycles. The zero-order chi connectivity index (χ0) is 33.3. The molecule has 0 bridgehead atoms. The molecule has 0 aliphatic carbocycles. The summed E-state index contributed by atoms with van der Waals surface area (Å²) in [6.07, 6.45) is 1.65. The molecule has 238 valence electrons. The maximum Gasteiger partial charge on any atom is 0.272 e. The second-order valence-corrected chi connectivity index (χ2v) is 13.7. The number of carbonyl (C=O) groups excluding carboxylic acids is 3. The van der Waals surface area contributed by atoms with Crippen molar-refractivity contribution in [2.45, 2.75) is 17.1 Å². The zero-order valence-electron chi connectivity index (χ0n) is 25.8. The van der Waals surface area contributed by atoms with E-state index in [2.05, 4.69) is 20.9 Å². The number of hydrogen-bond acceptors (Lipinski definition) is 7. The molecule has 0 aliphatic rings. The lowest BCUT2D eigenvalue weighted by Crippen LogP contribution is -2.30. The number of rotatable bonds is 11. The highest BCUT2D eigenvalue weighted by Gasteiger charge is 2.23. The summed E-state index contributed by atoms with van der Waals surface area (Å²) in [5.41, 5.74) is 4.94. The SMILES string of the molecule is Cc1ccc(-c2csc(NC(=O)C(Sc3ccc(NC(=O)/C(=C/c4cccs4)NC(=O)c4ccccc4)cc3)c3ccccc3)n2)cc1. The van der Waals surface area contributed by atoms with Crippen molar-refractivity contribution in [1.82, 2.24) is 10.3 Å². The normalized spacial score (nSPS) is 11.8. The van der Waals surface area contributed by atoms with Crippen LogP contribution in [-0.4, -0.2) is 22.7 Å². The molecule has 48 heavy (non-hydrogen) atoms. The molecule has 3 N–H and O–H groups in total. The highest BCUT2D eigenvalue weighted by molar-refractivity contribution is 8.00. The Morgan fingerprint density at radius 2 is 1.48 bits per heavy atom. The van der Waals surface area contributed by atoms with Gasteiger partial charge in [0.05, 0.1) is 5.69 Å². The van der Waals surface area contributed by atoms with Crippen LogP contribution in [-0.2, 0) is 9.59 Å². The fourth-order valence-corrected chi connectivity index (χ4v) is 7.07. The molecule has 6 aromatic rings. The average molecular weight is 687 g/mol. The van der Waals surface area contributed by atoms with Crippen LogP contribution >= 0.6 is 34.4 Å². The van der Waals surface area contributed by atoms with Crippen LogP contribution in [0.5, 0.6) is 0 Å². The van der Waals surface area contributed by atoms with Gasteiger partial charge in [0.15, 0.2) is 5.13 Å². The Labute approximate surface area is 290 Å². The summed E-state index contributed by atoms with van der Waals surface area (Å²) >= 11 is 4.25. The number of nitrogens with one attached hydrogen (secondary N) is 3. The molecule has 2 heterocycles. The smallest absolute Gasteiger partial charge is 0.272 e. The molecule has 1 atom stereocenters. The number of hydrogen-bond donors (Lipinski definition) is 3. The predicted molar refractivity (Wildman–Crippen MR) is 197 cm³/mol. The summed E-state index contributed by atoms with van der Waals surface area (Å²) in [7, 11) is 0. The fourth-order valence-electron chi connectivity index (χ4n) is 4.67. The number of nitrogens with zero attached hydrogens (tertiary/aromatic N) is 1. The van der Waals surface area contributed by atoms with Gasteiger partial charge in [-0.3, -0.25) is 14.4 Å². The van der Waals surface area contributed by atoms with Crippen LogP contribution in [0.2, 0.25) is 0 Å². The highest BCUT2D eigenvalue weighted by atomic mass is 32.2. The van der Waals surface area contributed by atoms with Crippen LogP contribution in [0.4, 0.5) is 10.8 Å². The summed E-state index contributed by atoms with van der Waals surface area (Å²) in [4.78, 5) is 46.2. The number of thiophene rings is 1. The first-order valence-electron chi connectivity index (χ1n) is 15.0. The Balaban J connectivity index is 1.15. The fraction of sp³-hybridized carbons (Fsp3) is 0.0526. The van der Waals surface area contributed by atoms with Gasteiger partial charge >= 0.3 is 0 Å². The Morgan fingerprint density at radius 1 is 0.771 bits per heavy atom. The first kappa shape index (κ1) is 32.6. The third-order valence-corrected chi connectivity index (χ3v) is 9.99. The number of thiazole rings is 1. The monoisotopic (exact) mass is 686 g/mol. The lowest BCUT2D eigenvalue weighted by Gasteiger charge is -2.17. The van der Waals surface area contributed by atoms with E-state index < -0.39 is 11.2 Å². The van der Waals surface area contributed by atoms with E-state index in [1.165, 1.54) is 40.0 Å². The van der Waals surface area contributed by atoms with Gasteiger partial charge in [0, 0.05) is 32.0 Å².